The molecule has 4 atom stereocenters. The van der Waals surface area contributed by atoms with Crippen molar-refractivity contribution in [1.82, 2.24) is 9.80 Å². The fraction of sp³-hybridized carbons (Fsp3) is 0.522. The van der Waals surface area contributed by atoms with Crippen LogP contribution in [0.5, 0.6) is 5.75 Å². The molecule has 2 aliphatic carbocycles. The number of nitrogens with two attached hydrogens (primary N) is 1. The number of piperidine rings is 1. The molecule has 2 bridgehead atoms. The maximum Gasteiger partial charge on any atom is 0.254 e. The average molecular weight is 412 g/mol. The minimum atomic E-state index is -0.683. The van der Waals surface area contributed by atoms with Gasteiger partial charge in [0.25, 0.3) is 5.91 Å². The molecular weight excluding hydrogens is 382 g/mol. The van der Waals surface area contributed by atoms with Gasteiger partial charge in [0.1, 0.15) is 5.75 Å². The summed E-state index contributed by atoms with van der Waals surface area (Å²) in [6.07, 6.45) is 3.48. The maximum atomic E-state index is 13.3. The van der Waals surface area contributed by atoms with Gasteiger partial charge < -0.3 is 15.7 Å². The summed E-state index contributed by atoms with van der Waals surface area (Å²) in [4.78, 5) is 17.8. The van der Waals surface area contributed by atoms with Crippen LogP contribution in [0.3, 0.4) is 0 Å². The van der Waals surface area contributed by atoms with Crippen molar-refractivity contribution in [1.29, 1.82) is 0 Å². The first-order chi connectivity index (χ1) is 13.9. The number of fused-ring (bicyclic) bond motifs is 4. The van der Waals surface area contributed by atoms with Gasteiger partial charge >= 0.3 is 0 Å². The van der Waals surface area contributed by atoms with Crippen LogP contribution >= 0.6 is 11.3 Å². The number of thiophene rings is 1. The Kier molecular flexibility index (Phi) is 4.49. The van der Waals surface area contributed by atoms with Crippen molar-refractivity contribution >= 4 is 17.2 Å². The number of carbonyl (C=O) groups is 1. The van der Waals surface area contributed by atoms with Crippen molar-refractivity contribution in [2.75, 3.05) is 20.1 Å². The Morgan fingerprint density at radius 3 is 2.86 bits per heavy atom. The topological polar surface area (TPSA) is 69.8 Å². The van der Waals surface area contributed by atoms with Crippen LogP contribution in [0.15, 0.2) is 35.0 Å². The molecule has 154 valence electrons. The van der Waals surface area contributed by atoms with Crippen LogP contribution in [-0.2, 0) is 12.0 Å². The molecule has 1 amide bonds. The van der Waals surface area contributed by atoms with Gasteiger partial charge in [0.05, 0.1) is 17.1 Å². The van der Waals surface area contributed by atoms with E-state index in [1.807, 2.05) is 40.9 Å². The first kappa shape index (κ1) is 19.1. The van der Waals surface area contributed by atoms with Gasteiger partial charge in [-0.3, -0.25) is 9.69 Å². The number of rotatable bonds is 4. The molecular formula is C23H29N3O2S. The predicted octanol–water partition coefficient (Wildman–Crippen LogP) is 3.03. The molecule has 2 aromatic rings. The number of carbonyl (C=O) groups excluding carboxylic acids is 1. The molecule has 29 heavy (non-hydrogen) atoms. The zero-order valence-electron chi connectivity index (χ0n) is 17.0. The molecule has 0 radical (unpaired) electrons. The SMILES string of the molecule is C[C@@H]1CN(CC2CC2)[C@@H]2Cc3ccc(O)cc3[C@@]1(N)[C@@H]2N(C)C(=O)c1ccsc1. The van der Waals surface area contributed by atoms with E-state index in [0.717, 1.165) is 36.6 Å². The third-order valence-corrected chi connectivity index (χ3v) is 8.01. The summed E-state index contributed by atoms with van der Waals surface area (Å²) < 4.78 is 0. The Morgan fingerprint density at radius 2 is 2.17 bits per heavy atom. The summed E-state index contributed by atoms with van der Waals surface area (Å²) in [6, 6.07) is 7.55. The zero-order valence-corrected chi connectivity index (χ0v) is 17.9. The lowest BCUT2D eigenvalue weighted by atomic mass is 9.61. The lowest BCUT2D eigenvalue weighted by Crippen LogP contribution is -2.75. The van der Waals surface area contributed by atoms with E-state index in [-0.39, 0.29) is 29.7 Å². The van der Waals surface area contributed by atoms with Crippen molar-refractivity contribution in [2.45, 2.75) is 43.8 Å². The summed E-state index contributed by atoms with van der Waals surface area (Å²) in [6.45, 7) is 4.23. The van der Waals surface area contributed by atoms with Crippen molar-refractivity contribution in [3.8, 4) is 5.75 Å². The van der Waals surface area contributed by atoms with Crippen LogP contribution in [0, 0.1) is 11.8 Å². The van der Waals surface area contributed by atoms with E-state index in [2.05, 4.69) is 11.8 Å². The molecule has 1 aromatic carbocycles. The number of likely N-dealkylation sites (N-methyl/N-ethyl adjacent to an activating group) is 1. The van der Waals surface area contributed by atoms with Gasteiger partial charge in [0.2, 0.25) is 0 Å². The lowest BCUT2D eigenvalue weighted by Gasteiger charge is -2.60. The number of hydrogen-bond acceptors (Lipinski definition) is 5. The number of benzene rings is 1. The van der Waals surface area contributed by atoms with Crippen LogP contribution in [0.2, 0.25) is 0 Å². The Balaban J connectivity index is 1.61. The van der Waals surface area contributed by atoms with Crippen LogP contribution in [-0.4, -0.2) is 53.0 Å². The zero-order chi connectivity index (χ0) is 20.3. The molecule has 5 nitrogen and oxygen atoms in total. The minimum Gasteiger partial charge on any atom is -0.508 e. The van der Waals surface area contributed by atoms with Crippen LogP contribution < -0.4 is 5.73 Å². The quantitative estimate of drug-likeness (QED) is 0.811. The number of aromatic hydroxyl groups is 1. The number of likely N-dealkylation sites (tertiary alicyclic amines) is 1. The molecule has 5 rings (SSSR count). The van der Waals surface area contributed by atoms with Gasteiger partial charge in [-0.05, 0) is 65.8 Å². The summed E-state index contributed by atoms with van der Waals surface area (Å²) in [7, 11) is 1.90. The summed E-state index contributed by atoms with van der Waals surface area (Å²) in [5.74, 6) is 1.22. The first-order valence-corrected chi connectivity index (χ1v) is 11.5. The van der Waals surface area contributed by atoms with Gasteiger partial charge in [-0.25, -0.2) is 0 Å². The van der Waals surface area contributed by atoms with Crippen molar-refractivity contribution < 1.29 is 9.90 Å². The number of phenolic OH excluding ortho intramolecular Hbond substituents is 1. The highest BCUT2D eigenvalue weighted by molar-refractivity contribution is 7.08. The highest BCUT2D eigenvalue weighted by atomic mass is 32.1. The summed E-state index contributed by atoms with van der Waals surface area (Å²) >= 11 is 1.54. The van der Waals surface area contributed by atoms with E-state index < -0.39 is 5.54 Å². The predicted molar refractivity (Wildman–Crippen MR) is 115 cm³/mol. The second-order valence-electron chi connectivity index (χ2n) is 9.22. The fourth-order valence-electron chi connectivity index (χ4n) is 5.62. The molecule has 1 aromatic heterocycles. The van der Waals surface area contributed by atoms with Gasteiger partial charge in [-0.1, -0.05) is 13.0 Å². The highest BCUT2D eigenvalue weighted by Gasteiger charge is 2.57. The Morgan fingerprint density at radius 1 is 1.38 bits per heavy atom. The Bertz CT molecular complexity index is 926. The summed E-state index contributed by atoms with van der Waals surface area (Å²) in [5, 5.41) is 14.1. The van der Waals surface area contributed by atoms with E-state index in [4.69, 9.17) is 5.73 Å². The maximum absolute atomic E-state index is 13.3. The molecule has 3 N–H and O–H groups in total. The molecule has 2 fully saturated rings. The van der Waals surface area contributed by atoms with Crippen LogP contribution in [0.4, 0.5) is 0 Å². The van der Waals surface area contributed by atoms with E-state index in [0.29, 0.717) is 0 Å². The van der Waals surface area contributed by atoms with Crippen LogP contribution in [0.1, 0.15) is 41.3 Å². The fourth-order valence-corrected chi connectivity index (χ4v) is 6.25. The van der Waals surface area contributed by atoms with Crippen molar-refractivity contribution in [2.24, 2.45) is 17.6 Å². The van der Waals surface area contributed by atoms with Gasteiger partial charge in [0, 0.05) is 31.6 Å². The lowest BCUT2D eigenvalue weighted by molar-refractivity contribution is -0.0407. The van der Waals surface area contributed by atoms with E-state index >= 15 is 0 Å². The van der Waals surface area contributed by atoms with Gasteiger partial charge in [-0.2, -0.15) is 11.3 Å². The normalized spacial score (nSPS) is 31.3. The van der Waals surface area contributed by atoms with E-state index in [1.165, 1.54) is 29.7 Å². The molecule has 2 heterocycles. The molecule has 6 heteroatoms. The molecule has 0 spiro atoms. The number of phenols is 1. The van der Waals surface area contributed by atoms with Crippen LogP contribution in [0.25, 0.3) is 0 Å². The second-order valence-corrected chi connectivity index (χ2v) is 10.00. The molecule has 3 aliphatic rings. The monoisotopic (exact) mass is 411 g/mol. The third-order valence-electron chi connectivity index (χ3n) is 7.33. The van der Waals surface area contributed by atoms with Gasteiger partial charge in [0.15, 0.2) is 0 Å². The van der Waals surface area contributed by atoms with E-state index in [9.17, 15) is 9.90 Å². The van der Waals surface area contributed by atoms with Crippen molar-refractivity contribution in [3.05, 3.63) is 51.7 Å². The average Bonchev–Trinajstić information content (AvgIpc) is 3.34. The van der Waals surface area contributed by atoms with Gasteiger partial charge in [-0.15, -0.1) is 0 Å². The molecule has 0 unspecified atom stereocenters. The number of amides is 1. The minimum absolute atomic E-state index is 0.0279. The summed E-state index contributed by atoms with van der Waals surface area (Å²) in [5.41, 5.74) is 9.49. The second kappa shape index (κ2) is 6.83. The van der Waals surface area contributed by atoms with E-state index in [1.54, 1.807) is 6.07 Å². The molecule has 1 saturated heterocycles. The first-order valence-electron chi connectivity index (χ1n) is 10.5. The van der Waals surface area contributed by atoms with Crippen molar-refractivity contribution in [3.63, 3.8) is 0 Å². The number of hydrogen-bond donors (Lipinski definition) is 2. The molecule has 1 saturated carbocycles. The third kappa shape index (κ3) is 3.00. The smallest absolute Gasteiger partial charge is 0.254 e. The Labute approximate surface area is 176 Å². The molecule has 1 aliphatic heterocycles. The Hall–Kier alpha value is -1.89. The number of nitrogens with zero attached hydrogens (tertiary/aromatic N) is 2. The standard InChI is InChI=1S/C23H29N3O2S/c1-14-11-26(12-15-3-4-15)20-9-16-5-6-18(27)10-19(16)23(14,24)21(20)25(2)22(28)17-7-8-29-13-17/h5-8,10,13-15,20-21,27H,3-4,9,11-12,24H2,1-2H3/t14-,20-,21-,23-/m1/s1. The highest BCUT2D eigenvalue weighted by Crippen LogP contribution is 2.48. The largest absolute Gasteiger partial charge is 0.508 e.